The van der Waals surface area contributed by atoms with Crippen molar-refractivity contribution >= 4 is 0 Å². The molecule has 0 radical (unpaired) electrons. The number of pyridine rings is 1. The molecule has 0 amide bonds. The molecular weight excluding hydrogens is 174 g/mol. The summed E-state index contributed by atoms with van der Waals surface area (Å²) in [6, 6.07) is 6.24. The van der Waals surface area contributed by atoms with Gasteiger partial charge in [-0.15, -0.1) is 0 Å². The Bertz CT molecular complexity index is 331. The summed E-state index contributed by atoms with van der Waals surface area (Å²) in [5.41, 5.74) is 1.69. The molecule has 1 N–H and O–H groups in total. The molecule has 1 atom stereocenters. The summed E-state index contributed by atoms with van der Waals surface area (Å²) in [5.74, 6) is 0. The van der Waals surface area contributed by atoms with Crippen LogP contribution in [0.3, 0.4) is 0 Å². The van der Waals surface area contributed by atoms with Gasteiger partial charge in [-0.05, 0) is 31.5 Å². The summed E-state index contributed by atoms with van der Waals surface area (Å²) in [6.45, 7) is 1.08. The average Bonchev–Trinajstić information content (AvgIpc) is 2.30. The minimum atomic E-state index is 0.386. The topological polar surface area (TPSA) is 48.7 Å². The van der Waals surface area contributed by atoms with E-state index in [-0.39, 0.29) is 0 Å². The molecule has 0 saturated carbocycles. The summed E-state index contributed by atoms with van der Waals surface area (Å²) in [4.78, 5) is 4.29. The molecule has 2 rings (SSSR count). The lowest BCUT2D eigenvalue weighted by Crippen LogP contribution is -2.27. The van der Waals surface area contributed by atoms with Crippen LogP contribution in [0.1, 0.15) is 36.6 Å². The number of rotatable bonds is 1. The van der Waals surface area contributed by atoms with Crippen molar-refractivity contribution in [2.75, 3.05) is 6.54 Å². The molecule has 1 aliphatic rings. The van der Waals surface area contributed by atoms with Gasteiger partial charge in [0.15, 0.2) is 0 Å². The van der Waals surface area contributed by atoms with E-state index in [1.165, 1.54) is 12.8 Å². The Kier molecular flexibility index (Phi) is 2.76. The molecule has 0 aliphatic carbocycles. The highest BCUT2D eigenvalue weighted by atomic mass is 14.9. The second-order valence-corrected chi connectivity index (χ2v) is 3.59. The second kappa shape index (κ2) is 4.21. The van der Waals surface area contributed by atoms with Crippen molar-refractivity contribution in [1.29, 1.82) is 5.26 Å². The molecule has 1 fully saturated rings. The van der Waals surface area contributed by atoms with Crippen LogP contribution in [0, 0.1) is 11.3 Å². The van der Waals surface area contributed by atoms with Crippen LogP contribution in [0.5, 0.6) is 0 Å². The Morgan fingerprint density at radius 2 is 2.36 bits per heavy atom. The third kappa shape index (κ3) is 1.91. The summed E-state index contributed by atoms with van der Waals surface area (Å²) in [7, 11) is 0. The van der Waals surface area contributed by atoms with Crippen LogP contribution in [0.15, 0.2) is 18.3 Å². The first kappa shape index (κ1) is 9.17. The van der Waals surface area contributed by atoms with Crippen LogP contribution >= 0.6 is 0 Å². The first-order chi connectivity index (χ1) is 6.90. The highest BCUT2D eigenvalue weighted by Gasteiger charge is 2.15. The molecular formula is C11H13N3. The van der Waals surface area contributed by atoms with E-state index in [2.05, 4.69) is 16.4 Å². The number of nitrogens with one attached hydrogen (secondary N) is 1. The third-order valence-corrected chi connectivity index (χ3v) is 2.58. The van der Waals surface area contributed by atoms with Crippen LogP contribution in [0.2, 0.25) is 0 Å². The molecule has 0 aromatic carbocycles. The zero-order valence-electron chi connectivity index (χ0n) is 8.03. The quantitative estimate of drug-likeness (QED) is 0.728. The summed E-state index contributed by atoms with van der Waals surface area (Å²) < 4.78 is 0. The standard InChI is InChI=1S/C11H13N3/c12-7-9-4-5-11(14-8-9)10-3-1-2-6-13-10/h4-5,8,10,13H,1-3,6H2. The molecule has 1 saturated heterocycles. The van der Waals surface area contributed by atoms with Gasteiger partial charge in [-0.1, -0.05) is 6.42 Å². The summed E-state index contributed by atoms with van der Waals surface area (Å²) in [6.07, 6.45) is 5.32. The third-order valence-electron chi connectivity index (χ3n) is 2.58. The lowest BCUT2D eigenvalue weighted by atomic mass is 10.0. The van der Waals surface area contributed by atoms with Gasteiger partial charge in [0.25, 0.3) is 0 Å². The fraction of sp³-hybridized carbons (Fsp3) is 0.455. The first-order valence-electron chi connectivity index (χ1n) is 4.99. The van der Waals surface area contributed by atoms with Gasteiger partial charge in [-0.2, -0.15) is 5.26 Å². The predicted molar refractivity (Wildman–Crippen MR) is 53.5 cm³/mol. The maximum absolute atomic E-state index is 8.63. The number of nitrogens with zero attached hydrogens (tertiary/aromatic N) is 2. The second-order valence-electron chi connectivity index (χ2n) is 3.59. The lowest BCUT2D eigenvalue weighted by Gasteiger charge is -2.22. The number of hydrogen-bond donors (Lipinski definition) is 1. The van der Waals surface area contributed by atoms with E-state index in [1.807, 2.05) is 12.1 Å². The van der Waals surface area contributed by atoms with Gasteiger partial charge in [0.2, 0.25) is 0 Å². The van der Waals surface area contributed by atoms with Gasteiger partial charge in [-0.3, -0.25) is 4.98 Å². The molecule has 1 unspecified atom stereocenters. The predicted octanol–water partition coefficient (Wildman–Crippen LogP) is 1.77. The van der Waals surface area contributed by atoms with Crippen LogP contribution in [0.25, 0.3) is 0 Å². The number of nitriles is 1. The van der Waals surface area contributed by atoms with E-state index >= 15 is 0 Å². The first-order valence-corrected chi connectivity index (χ1v) is 4.99. The number of piperidine rings is 1. The fourth-order valence-electron chi connectivity index (χ4n) is 1.78. The van der Waals surface area contributed by atoms with E-state index in [4.69, 9.17) is 5.26 Å². The van der Waals surface area contributed by atoms with Gasteiger partial charge in [-0.25, -0.2) is 0 Å². The van der Waals surface area contributed by atoms with Crippen molar-refractivity contribution in [3.63, 3.8) is 0 Å². The van der Waals surface area contributed by atoms with Gasteiger partial charge in [0.1, 0.15) is 6.07 Å². The Morgan fingerprint density at radius 1 is 1.43 bits per heavy atom. The zero-order valence-corrected chi connectivity index (χ0v) is 8.03. The molecule has 1 aliphatic heterocycles. The SMILES string of the molecule is N#Cc1ccc(C2CCCCN2)nc1. The molecule has 0 bridgehead atoms. The highest BCUT2D eigenvalue weighted by molar-refractivity contribution is 5.27. The van der Waals surface area contributed by atoms with E-state index in [9.17, 15) is 0 Å². The zero-order chi connectivity index (χ0) is 9.80. The van der Waals surface area contributed by atoms with Crippen LogP contribution in [-0.2, 0) is 0 Å². The molecule has 3 heteroatoms. The monoisotopic (exact) mass is 187 g/mol. The Hall–Kier alpha value is -1.40. The van der Waals surface area contributed by atoms with Crippen LogP contribution in [0.4, 0.5) is 0 Å². The van der Waals surface area contributed by atoms with Crippen molar-refractivity contribution in [3.05, 3.63) is 29.6 Å². The Balaban J connectivity index is 2.12. The van der Waals surface area contributed by atoms with E-state index < -0.39 is 0 Å². The van der Waals surface area contributed by atoms with Crippen molar-refractivity contribution in [1.82, 2.24) is 10.3 Å². The largest absolute Gasteiger partial charge is 0.309 e. The van der Waals surface area contributed by atoms with Crippen LogP contribution in [-0.4, -0.2) is 11.5 Å². The van der Waals surface area contributed by atoms with Crippen molar-refractivity contribution in [2.45, 2.75) is 25.3 Å². The van der Waals surface area contributed by atoms with E-state index in [1.54, 1.807) is 6.20 Å². The summed E-state index contributed by atoms with van der Waals surface area (Å²) in [5, 5.41) is 12.1. The molecule has 0 spiro atoms. The normalized spacial score (nSPS) is 21.5. The Morgan fingerprint density at radius 3 is 2.93 bits per heavy atom. The van der Waals surface area contributed by atoms with E-state index in [0.717, 1.165) is 18.7 Å². The number of hydrogen-bond acceptors (Lipinski definition) is 3. The van der Waals surface area contributed by atoms with Crippen molar-refractivity contribution in [3.8, 4) is 6.07 Å². The number of aromatic nitrogens is 1. The minimum Gasteiger partial charge on any atom is -0.309 e. The molecule has 2 heterocycles. The molecule has 72 valence electrons. The molecule has 1 aromatic rings. The Labute approximate surface area is 83.8 Å². The summed E-state index contributed by atoms with van der Waals surface area (Å²) >= 11 is 0. The van der Waals surface area contributed by atoms with Gasteiger partial charge in [0, 0.05) is 12.2 Å². The molecule has 1 aromatic heterocycles. The fourth-order valence-corrected chi connectivity index (χ4v) is 1.78. The average molecular weight is 187 g/mol. The smallest absolute Gasteiger partial charge is 0.101 e. The molecule has 3 nitrogen and oxygen atoms in total. The van der Waals surface area contributed by atoms with Crippen molar-refractivity contribution in [2.24, 2.45) is 0 Å². The highest BCUT2D eigenvalue weighted by Crippen LogP contribution is 2.20. The van der Waals surface area contributed by atoms with E-state index in [0.29, 0.717) is 11.6 Å². The lowest BCUT2D eigenvalue weighted by molar-refractivity contribution is 0.405. The maximum atomic E-state index is 8.63. The maximum Gasteiger partial charge on any atom is 0.101 e. The van der Waals surface area contributed by atoms with Gasteiger partial charge < -0.3 is 5.32 Å². The van der Waals surface area contributed by atoms with Gasteiger partial charge >= 0.3 is 0 Å². The minimum absolute atomic E-state index is 0.386. The van der Waals surface area contributed by atoms with Gasteiger partial charge in [0.05, 0.1) is 11.3 Å². The van der Waals surface area contributed by atoms with Crippen molar-refractivity contribution < 1.29 is 0 Å². The van der Waals surface area contributed by atoms with Crippen LogP contribution < -0.4 is 5.32 Å². The molecule has 14 heavy (non-hydrogen) atoms.